The van der Waals surface area contributed by atoms with Crippen molar-refractivity contribution in [3.63, 3.8) is 0 Å². The van der Waals surface area contributed by atoms with E-state index >= 15 is 0 Å². The zero-order chi connectivity index (χ0) is 11.8. The number of aromatic amines is 1. The first kappa shape index (κ1) is 11.3. The van der Waals surface area contributed by atoms with Gasteiger partial charge in [-0.2, -0.15) is 18.3 Å². The molecule has 3 N–H and O–H groups in total. The summed E-state index contributed by atoms with van der Waals surface area (Å²) in [5, 5.41) is 6.46. The number of aromatic nitrogens is 2. The fourth-order valence-corrected chi connectivity index (χ4v) is 2.33. The first-order valence-electron chi connectivity index (χ1n) is 5.34. The lowest BCUT2D eigenvalue weighted by Crippen LogP contribution is -2.28. The Morgan fingerprint density at radius 2 is 2.12 bits per heavy atom. The maximum absolute atomic E-state index is 12.6. The molecule has 1 heterocycles. The van der Waals surface area contributed by atoms with Crippen LogP contribution in [0.2, 0.25) is 0 Å². The summed E-state index contributed by atoms with van der Waals surface area (Å²) in [5.74, 6) is -0.940. The molecular weight excluding hydrogens is 219 g/mol. The van der Waals surface area contributed by atoms with Crippen molar-refractivity contribution in [3.05, 3.63) is 11.8 Å². The zero-order valence-electron chi connectivity index (χ0n) is 8.72. The third-order valence-electron chi connectivity index (χ3n) is 3.19. The van der Waals surface area contributed by atoms with Crippen LogP contribution in [-0.4, -0.2) is 16.4 Å². The highest BCUT2D eigenvalue weighted by molar-refractivity contribution is 5.30. The minimum absolute atomic E-state index is 0.0924. The van der Waals surface area contributed by atoms with Crippen molar-refractivity contribution in [2.45, 2.75) is 37.8 Å². The summed E-state index contributed by atoms with van der Waals surface area (Å²) >= 11 is 0. The number of H-pyrrole nitrogens is 1. The summed E-state index contributed by atoms with van der Waals surface area (Å²) in [6, 6.07) is 1.63. The monoisotopic (exact) mass is 233 g/mol. The molecule has 0 saturated heterocycles. The Morgan fingerprint density at radius 3 is 2.69 bits per heavy atom. The predicted octanol–water partition coefficient (Wildman–Crippen LogP) is 2.83. The van der Waals surface area contributed by atoms with E-state index in [-0.39, 0.29) is 18.8 Å². The number of nitrogens with two attached hydrogens (primary N) is 1. The molecule has 2 rings (SSSR count). The molecule has 0 aromatic carbocycles. The Hall–Kier alpha value is -1.20. The maximum atomic E-state index is 12.6. The zero-order valence-corrected chi connectivity index (χ0v) is 8.72. The number of nitrogens with one attached hydrogen (secondary N) is 1. The SMILES string of the molecule is Nc1cc(C2CCCC(C(F)(F)F)C2)[nH]n1. The van der Waals surface area contributed by atoms with E-state index in [1.165, 1.54) is 0 Å². The number of alkyl halides is 3. The predicted molar refractivity (Wildman–Crippen MR) is 53.8 cm³/mol. The van der Waals surface area contributed by atoms with Gasteiger partial charge in [0, 0.05) is 17.7 Å². The number of rotatable bonds is 1. The molecule has 3 nitrogen and oxygen atoms in total. The molecule has 6 heteroatoms. The van der Waals surface area contributed by atoms with Crippen LogP contribution < -0.4 is 5.73 Å². The number of nitrogens with zero attached hydrogens (tertiary/aromatic N) is 1. The smallest absolute Gasteiger partial charge is 0.382 e. The van der Waals surface area contributed by atoms with Crippen LogP contribution in [0.4, 0.5) is 19.0 Å². The first-order chi connectivity index (χ1) is 7.47. The van der Waals surface area contributed by atoms with Gasteiger partial charge in [0.05, 0.1) is 5.92 Å². The minimum Gasteiger partial charge on any atom is -0.382 e. The molecular formula is C10H14F3N3. The fraction of sp³-hybridized carbons (Fsp3) is 0.700. The second kappa shape index (κ2) is 3.99. The van der Waals surface area contributed by atoms with Gasteiger partial charge in [-0.25, -0.2) is 0 Å². The number of nitrogen functional groups attached to an aromatic ring is 1. The van der Waals surface area contributed by atoms with E-state index < -0.39 is 12.1 Å². The van der Waals surface area contributed by atoms with E-state index in [1.807, 2.05) is 0 Å². The van der Waals surface area contributed by atoms with E-state index in [0.29, 0.717) is 12.2 Å². The molecule has 0 amide bonds. The van der Waals surface area contributed by atoms with Crippen LogP contribution in [0.15, 0.2) is 6.07 Å². The Bertz CT molecular complexity index is 358. The molecule has 16 heavy (non-hydrogen) atoms. The van der Waals surface area contributed by atoms with Crippen LogP contribution in [0.1, 0.15) is 37.3 Å². The fourth-order valence-electron chi connectivity index (χ4n) is 2.33. The lowest BCUT2D eigenvalue weighted by molar-refractivity contribution is -0.183. The van der Waals surface area contributed by atoms with Crippen LogP contribution in [-0.2, 0) is 0 Å². The molecule has 0 radical (unpaired) electrons. The highest BCUT2D eigenvalue weighted by Gasteiger charge is 2.42. The van der Waals surface area contributed by atoms with Crippen molar-refractivity contribution in [3.8, 4) is 0 Å². The summed E-state index contributed by atoms with van der Waals surface area (Å²) in [4.78, 5) is 0. The van der Waals surface area contributed by atoms with E-state index in [2.05, 4.69) is 10.2 Å². The molecule has 1 aromatic heterocycles. The van der Waals surface area contributed by atoms with Gasteiger partial charge in [0.2, 0.25) is 0 Å². The lowest BCUT2D eigenvalue weighted by atomic mass is 9.79. The van der Waals surface area contributed by atoms with Gasteiger partial charge in [-0.05, 0) is 19.3 Å². The molecule has 0 bridgehead atoms. The van der Waals surface area contributed by atoms with Crippen LogP contribution in [0, 0.1) is 5.92 Å². The van der Waals surface area contributed by atoms with Crippen molar-refractivity contribution >= 4 is 5.82 Å². The first-order valence-corrected chi connectivity index (χ1v) is 5.34. The number of hydrogen-bond donors (Lipinski definition) is 2. The Balaban J connectivity index is 2.07. The van der Waals surface area contributed by atoms with E-state index in [0.717, 1.165) is 12.1 Å². The molecule has 0 aliphatic heterocycles. The highest BCUT2D eigenvalue weighted by atomic mass is 19.4. The van der Waals surface area contributed by atoms with E-state index in [4.69, 9.17) is 5.73 Å². The summed E-state index contributed by atoms with van der Waals surface area (Å²) in [7, 11) is 0. The van der Waals surface area contributed by atoms with Gasteiger partial charge >= 0.3 is 6.18 Å². The summed E-state index contributed by atoms with van der Waals surface area (Å²) in [6.07, 6.45) is -2.32. The standard InChI is InChI=1S/C10H14F3N3/c11-10(12,13)7-3-1-2-6(4-7)8-5-9(14)16-15-8/h5-7H,1-4H2,(H3,14,15,16). The third-order valence-corrected chi connectivity index (χ3v) is 3.19. The van der Waals surface area contributed by atoms with Gasteiger partial charge in [-0.1, -0.05) is 6.42 Å². The van der Waals surface area contributed by atoms with Gasteiger partial charge in [-0.3, -0.25) is 5.10 Å². The Morgan fingerprint density at radius 1 is 1.38 bits per heavy atom. The molecule has 90 valence electrons. The van der Waals surface area contributed by atoms with E-state index in [9.17, 15) is 13.2 Å². The largest absolute Gasteiger partial charge is 0.391 e. The topological polar surface area (TPSA) is 54.7 Å². The lowest BCUT2D eigenvalue weighted by Gasteiger charge is -2.29. The number of anilines is 1. The van der Waals surface area contributed by atoms with Crippen molar-refractivity contribution in [1.82, 2.24) is 10.2 Å². The van der Waals surface area contributed by atoms with Crippen molar-refractivity contribution < 1.29 is 13.2 Å². The molecule has 1 aliphatic rings. The number of hydrogen-bond acceptors (Lipinski definition) is 2. The molecule has 1 saturated carbocycles. The van der Waals surface area contributed by atoms with Gasteiger partial charge in [0.25, 0.3) is 0 Å². The summed E-state index contributed by atoms with van der Waals surface area (Å²) in [5.41, 5.74) is 6.17. The van der Waals surface area contributed by atoms with Gasteiger partial charge in [-0.15, -0.1) is 0 Å². The van der Waals surface area contributed by atoms with E-state index in [1.54, 1.807) is 6.07 Å². The van der Waals surface area contributed by atoms with Crippen LogP contribution in [0.25, 0.3) is 0 Å². The minimum atomic E-state index is -4.08. The summed E-state index contributed by atoms with van der Waals surface area (Å²) < 4.78 is 37.8. The molecule has 2 atom stereocenters. The highest BCUT2D eigenvalue weighted by Crippen LogP contribution is 2.43. The molecule has 1 fully saturated rings. The Kier molecular flexibility index (Phi) is 2.82. The van der Waals surface area contributed by atoms with Gasteiger partial charge in [0.15, 0.2) is 0 Å². The average Bonchev–Trinajstić information content (AvgIpc) is 2.64. The van der Waals surface area contributed by atoms with Crippen LogP contribution in [0.3, 0.4) is 0 Å². The maximum Gasteiger partial charge on any atom is 0.391 e. The normalized spacial score (nSPS) is 26.9. The molecule has 1 aliphatic carbocycles. The quantitative estimate of drug-likeness (QED) is 0.783. The second-order valence-corrected chi connectivity index (χ2v) is 4.35. The van der Waals surface area contributed by atoms with Crippen LogP contribution in [0.5, 0.6) is 0 Å². The average molecular weight is 233 g/mol. The van der Waals surface area contributed by atoms with Crippen molar-refractivity contribution in [1.29, 1.82) is 0 Å². The Labute approximate surface area is 91.2 Å². The van der Waals surface area contributed by atoms with Crippen LogP contribution >= 0.6 is 0 Å². The van der Waals surface area contributed by atoms with Crippen molar-refractivity contribution in [2.24, 2.45) is 5.92 Å². The van der Waals surface area contributed by atoms with Gasteiger partial charge < -0.3 is 5.73 Å². The van der Waals surface area contributed by atoms with Crippen molar-refractivity contribution in [2.75, 3.05) is 5.73 Å². The van der Waals surface area contributed by atoms with Gasteiger partial charge in [0.1, 0.15) is 5.82 Å². The molecule has 0 spiro atoms. The molecule has 2 unspecified atom stereocenters. The molecule has 1 aromatic rings. The third kappa shape index (κ3) is 2.31. The number of halogens is 3. The summed E-state index contributed by atoms with van der Waals surface area (Å²) in [6.45, 7) is 0. The second-order valence-electron chi connectivity index (χ2n) is 4.35.